The molecule has 0 aromatic carbocycles. The van der Waals surface area contributed by atoms with Crippen LogP contribution in [0.15, 0.2) is 18.5 Å². The molecule has 0 aliphatic heterocycles. The zero-order chi connectivity index (χ0) is 18.4. The first kappa shape index (κ1) is 19.8. The molecule has 1 saturated carbocycles. The SMILES string of the molecule is CC(C)(NC[C@H](O)c1cncc(F)c1)C1CCC(OCC(=O)O)CC1. The van der Waals surface area contributed by atoms with Crippen LogP contribution in [0, 0.1) is 11.7 Å². The number of carboxylic acid groups (broad SMARTS) is 1. The predicted molar refractivity (Wildman–Crippen MR) is 90.6 cm³/mol. The number of pyridine rings is 1. The molecule has 1 fully saturated rings. The number of nitrogens with one attached hydrogen (secondary N) is 1. The van der Waals surface area contributed by atoms with E-state index in [1.54, 1.807) is 0 Å². The van der Waals surface area contributed by atoms with Gasteiger partial charge in [-0.25, -0.2) is 9.18 Å². The number of ether oxygens (including phenoxy) is 1. The first-order chi connectivity index (χ1) is 11.8. The molecule has 1 aliphatic rings. The van der Waals surface area contributed by atoms with Crippen molar-refractivity contribution in [2.45, 2.75) is 57.3 Å². The molecule has 1 aliphatic carbocycles. The molecule has 0 saturated heterocycles. The number of carboxylic acids is 1. The maximum atomic E-state index is 13.2. The molecule has 0 spiro atoms. The van der Waals surface area contributed by atoms with E-state index in [1.165, 1.54) is 12.3 Å². The Balaban J connectivity index is 1.80. The van der Waals surface area contributed by atoms with Gasteiger partial charge in [0.2, 0.25) is 0 Å². The van der Waals surface area contributed by atoms with Crippen LogP contribution in [0.2, 0.25) is 0 Å². The first-order valence-corrected chi connectivity index (χ1v) is 8.65. The van der Waals surface area contributed by atoms with Gasteiger partial charge in [-0.3, -0.25) is 4.98 Å². The second-order valence-corrected chi connectivity index (χ2v) is 7.23. The van der Waals surface area contributed by atoms with Crippen LogP contribution < -0.4 is 5.32 Å². The lowest BCUT2D eigenvalue weighted by molar-refractivity contribution is -0.145. The fraction of sp³-hybridized carbons (Fsp3) is 0.667. The molecule has 6 nitrogen and oxygen atoms in total. The number of carbonyl (C=O) groups is 1. The molecule has 0 radical (unpaired) electrons. The van der Waals surface area contributed by atoms with Gasteiger partial charge in [0.15, 0.2) is 0 Å². The maximum Gasteiger partial charge on any atom is 0.329 e. The maximum absolute atomic E-state index is 13.2. The molecule has 1 heterocycles. The highest BCUT2D eigenvalue weighted by atomic mass is 19.1. The fourth-order valence-corrected chi connectivity index (χ4v) is 3.37. The van der Waals surface area contributed by atoms with Crippen molar-refractivity contribution in [3.05, 3.63) is 29.8 Å². The molecular weight excluding hydrogens is 327 g/mol. The van der Waals surface area contributed by atoms with Crippen LogP contribution in [0.5, 0.6) is 0 Å². The van der Waals surface area contributed by atoms with Gasteiger partial charge in [0, 0.05) is 23.8 Å². The summed E-state index contributed by atoms with van der Waals surface area (Å²) in [6, 6.07) is 1.29. The minimum Gasteiger partial charge on any atom is -0.480 e. The highest BCUT2D eigenvalue weighted by Crippen LogP contribution is 2.34. The summed E-state index contributed by atoms with van der Waals surface area (Å²) in [5.41, 5.74) is 0.258. The van der Waals surface area contributed by atoms with E-state index >= 15 is 0 Å². The molecule has 1 aromatic rings. The summed E-state index contributed by atoms with van der Waals surface area (Å²) in [7, 11) is 0. The van der Waals surface area contributed by atoms with Crippen LogP contribution in [0.1, 0.15) is 51.2 Å². The van der Waals surface area contributed by atoms with E-state index in [4.69, 9.17) is 9.84 Å². The van der Waals surface area contributed by atoms with Crippen molar-refractivity contribution in [2.75, 3.05) is 13.2 Å². The zero-order valence-electron chi connectivity index (χ0n) is 14.7. The van der Waals surface area contributed by atoms with E-state index in [9.17, 15) is 14.3 Å². The van der Waals surface area contributed by atoms with Crippen LogP contribution in [0.25, 0.3) is 0 Å². The number of aromatic nitrogens is 1. The minimum atomic E-state index is -0.940. The molecule has 140 valence electrons. The summed E-state index contributed by atoms with van der Waals surface area (Å²) in [4.78, 5) is 14.3. The average molecular weight is 354 g/mol. The number of halogens is 1. The van der Waals surface area contributed by atoms with Crippen LogP contribution in [-0.4, -0.2) is 46.0 Å². The summed E-state index contributed by atoms with van der Waals surface area (Å²) in [6.07, 6.45) is 5.29. The van der Waals surface area contributed by atoms with E-state index in [1.807, 2.05) is 0 Å². The third kappa shape index (κ3) is 6.02. The Kier molecular flexibility index (Phi) is 6.87. The first-order valence-electron chi connectivity index (χ1n) is 8.65. The van der Waals surface area contributed by atoms with Gasteiger partial charge in [-0.15, -0.1) is 0 Å². The second-order valence-electron chi connectivity index (χ2n) is 7.23. The molecule has 0 bridgehead atoms. The number of hydrogen-bond acceptors (Lipinski definition) is 5. The van der Waals surface area contributed by atoms with Crippen molar-refractivity contribution >= 4 is 5.97 Å². The Bertz CT molecular complexity index is 574. The number of aliphatic hydroxyl groups excluding tert-OH is 1. The number of aliphatic carboxylic acids is 1. The summed E-state index contributed by atoms with van der Waals surface area (Å²) >= 11 is 0. The van der Waals surface area contributed by atoms with Gasteiger partial charge in [0.25, 0.3) is 0 Å². The Hall–Kier alpha value is -1.57. The Labute approximate surface area is 147 Å². The lowest BCUT2D eigenvalue weighted by atomic mass is 9.75. The summed E-state index contributed by atoms with van der Waals surface area (Å²) < 4.78 is 18.6. The monoisotopic (exact) mass is 354 g/mol. The molecule has 1 atom stereocenters. The molecule has 7 heteroatoms. The summed E-state index contributed by atoms with van der Waals surface area (Å²) in [5, 5.41) is 22.3. The zero-order valence-corrected chi connectivity index (χ0v) is 14.7. The average Bonchev–Trinajstić information content (AvgIpc) is 2.58. The molecule has 25 heavy (non-hydrogen) atoms. The number of aliphatic hydroxyl groups is 1. The summed E-state index contributed by atoms with van der Waals surface area (Å²) in [6.45, 7) is 4.25. The van der Waals surface area contributed by atoms with Gasteiger partial charge in [-0.1, -0.05) is 0 Å². The van der Waals surface area contributed by atoms with Gasteiger partial charge < -0.3 is 20.3 Å². The van der Waals surface area contributed by atoms with E-state index in [0.29, 0.717) is 18.0 Å². The molecule has 0 amide bonds. The Morgan fingerprint density at radius 3 is 2.68 bits per heavy atom. The number of rotatable bonds is 8. The van der Waals surface area contributed by atoms with Crippen molar-refractivity contribution in [3.63, 3.8) is 0 Å². The smallest absolute Gasteiger partial charge is 0.329 e. The summed E-state index contributed by atoms with van der Waals surface area (Å²) in [5.74, 6) is -1.00. The van der Waals surface area contributed by atoms with Gasteiger partial charge >= 0.3 is 5.97 Å². The van der Waals surface area contributed by atoms with Crippen LogP contribution >= 0.6 is 0 Å². The third-order valence-corrected chi connectivity index (χ3v) is 5.00. The van der Waals surface area contributed by atoms with Gasteiger partial charge in [0.05, 0.1) is 18.4 Å². The van der Waals surface area contributed by atoms with Gasteiger partial charge in [-0.2, -0.15) is 0 Å². The Morgan fingerprint density at radius 1 is 1.40 bits per heavy atom. The molecule has 0 unspecified atom stereocenters. The van der Waals surface area contributed by atoms with E-state index < -0.39 is 17.9 Å². The van der Waals surface area contributed by atoms with Crippen molar-refractivity contribution in [1.29, 1.82) is 0 Å². The third-order valence-electron chi connectivity index (χ3n) is 5.00. The van der Waals surface area contributed by atoms with Crippen molar-refractivity contribution in [1.82, 2.24) is 10.3 Å². The predicted octanol–water partition coefficient (Wildman–Crippen LogP) is 2.28. The minimum absolute atomic E-state index is 0.00658. The normalized spacial score (nSPS) is 22.6. The molecule has 2 rings (SSSR count). The molecule has 1 aromatic heterocycles. The van der Waals surface area contributed by atoms with Crippen LogP contribution in [0.4, 0.5) is 4.39 Å². The lowest BCUT2D eigenvalue weighted by Crippen LogP contribution is -2.49. The highest BCUT2D eigenvalue weighted by molar-refractivity contribution is 5.68. The van der Waals surface area contributed by atoms with Gasteiger partial charge in [-0.05, 0) is 51.5 Å². The largest absolute Gasteiger partial charge is 0.480 e. The van der Waals surface area contributed by atoms with Gasteiger partial charge in [0.1, 0.15) is 12.4 Å². The highest BCUT2D eigenvalue weighted by Gasteiger charge is 2.33. The van der Waals surface area contributed by atoms with Crippen molar-refractivity contribution in [2.24, 2.45) is 5.92 Å². The lowest BCUT2D eigenvalue weighted by Gasteiger charge is -2.40. The van der Waals surface area contributed by atoms with E-state index in [0.717, 1.165) is 31.9 Å². The number of β-amino-alcohol motifs (C(OH)–C–C–N with tert-alkyl or cyclic N) is 1. The molecular formula is C18H27FN2O4. The van der Waals surface area contributed by atoms with Crippen molar-refractivity contribution in [3.8, 4) is 0 Å². The van der Waals surface area contributed by atoms with Crippen molar-refractivity contribution < 1.29 is 24.1 Å². The van der Waals surface area contributed by atoms with Crippen LogP contribution in [-0.2, 0) is 9.53 Å². The van der Waals surface area contributed by atoms with E-state index in [2.05, 4.69) is 24.1 Å². The number of hydrogen-bond donors (Lipinski definition) is 3. The van der Waals surface area contributed by atoms with E-state index in [-0.39, 0.29) is 18.2 Å². The number of nitrogens with zero attached hydrogens (tertiary/aromatic N) is 1. The van der Waals surface area contributed by atoms with Crippen LogP contribution in [0.3, 0.4) is 0 Å². The Morgan fingerprint density at radius 2 is 2.08 bits per heavy atom. The quantitative estimate of drug-likeness (QED) is 0.663. The standard InChI is InChI=1S/C18H27FN2O4/c1-18(2,13-3-5-15(6-4-13)25-11-17(23)24)21-10-16(22)12-7-14(19)9-20-8-12/h7-9,13,15-16,21-22H,3-6,10-11H2,1-2H3,(H,23,24)/t13?,15?,16-/m0/s1. The fourth-order valence-electron chi connectivity index (χ4n) is 3.37. The molecule has 3 N–H and O–H groups in total. The topological polar surface area (TPSA) is 91.7 Å². The second kappa shape index (κ2) is 8.69.